The molecular formula is C11H18O2. The minimum Gasteiger partial charge on any atom is -0.466 e. The van der Waals surface area contributed by atoms with Crippen molar-refractivity contribution < 1.29 is 9.53 Å². The van der Waals surface area contributed by atoms with Gasteiger partial charge in [0.25, 0.3) is 0 Å². The molecule has 0 radical (unpaired) electrons. The fourth-order valence-electron chi connectivity index (χ4n) is 1.85. The van der Waals surface area contributed by atoms with Gasteiger partial charge in [0.1, 0.15) is 0 Å². The molecule has 74 valence electrons. The molecule has 0 saturated heterocycles. The molecular weight excluding hydrogens is 164 g/mol. The average Bonchev–Trinajstić information content (AvgIpc) is 2.18. The SMILES string of the molecule is C=CC1CCC(C(=O)OCC)CC1. The van der Waals surface area contributed by atoms with Crippen molar-refractivity contribution in [2.45, 2.75) is 32.6 Å². The third-order valence-electron chi connectivity index (χ3n) is 2.73. The third kappa shape index (κ3) is 2.87. The van der Waals surface area contributed by atoms with E-state index in [0.717, 1.165) is 25.7 Å². The van der Waals surface area contributed by atoms with Gasteiger partial charge in [0, 0.05) is 0 Å². The molecule has 1 saturated carbocycles. The molecule has 13 heavy (non-hydrogen) atoms. The summed E-state index contributed by atoms with van der Waals surface area (Å²) in [4.78, 5) is 11.3. The third-order valence-corrected chi connectivity index (χ3v) is 2.73. The molecule has 0 amide bonds. The van der Waals surface area contributed by atoms with Crippen molar-refractivity contribution in [3.63, 3.8) is 0 Å². The number of hydrogen-bond donors (Lipinski definition) is 0. The van der Waals surface area contributed by atoms with Gasteiger partial charge in [-0.25, -0.2) is 0 Å². The van der Waals surface area contributed by atoms with E-state index < -0.39 is 0 Å². The van der Waals surface area contributed by atoms with Gasteiger partial charge in [0.05, 0.1) is 12.5 Å². The predicted octanol–water partition coefficient (Wildman–Crippen LogP) is 2.54. The first-order valence-corrected chi connectivity index (χ1v) is 5.07. The molecule has 0 N–H and O–H groups in total. The molecule has 0 aliphatic heterocycles. The van der Waals surface area contributed by atoms with Crippen LogP contribution in [0.5, 0.6) is 0 Å². The van der Waals surface area contributed by atoms with Gasteiger partial charge in [0.15, 0.2) is 0 Å². The van der Waals surface area contributed by atoms with Gasteiger partial charge in [-0.05, 0) is 38.5 Å². The summed E-state index contributed by atoms with van der Waals surface area (Å²) in [5, 5.41) is 0. The van der Waals surface area contributed by atoms with Crippen LogP contribution in [-0.4, -0.2) is 12.6 Å². The summed E-state index contributed by atoms with van der Waals surface area (Å²) in [7, 11) is 0. The molecule has 0 unspecified atom stereocenters. The van der Waals surface area contributed by atoms with Crippen LogP contribution in [0.1, 0.15) is 32.6 Å². The fourth-order valence-corrected chi connectivity index (χ4v) is 1.85. The van der Waals surface area contributed by atoms with Crippen molar-refractivity contribution >= 4 is 5.97 Å². The zero-order valence-electron chi connectivity index (χ0n) is 8.29. The predicted molar refractivity (Wildman–Crippen MR) is 52.3 cm³/mol. The molecule has 0 spiro atoms. The van der Waals surface area contributed by atoms with E-state index in [4.69, 9.17) is 4.74 Å². The Bertz CT molecular complexity index is 179. The summed E-state index contributed by atoms with van der Waals surface area (Å²) in [6.45, 7) is 6.13. The standard InChI is InChI=1S/C11H18O2/c1-3-9-5-7-10(8-6-9)11(12)13-4-2/h3,9-10H,1,4-8H2,2H3. The summed E-state index contributed by atoms with van der Waals surface area (Å²) in [6.07, 6.45) is 6.12. The highest BCUT2D eigenvalue weighted by Crippen LogP contribution is 2.29. The van der Waals surface area contributed by atoms with Crippen LogP contribution in [-0.2, 0) is 9.53 Å². The van der Waals surface area contributed by atoms with Crippen molar-refractivity contribution in [1.82, 2.24) is 0 Å². The first-order chi connectivity index (χ1) is 6.27. The van der Waals surface area contributed by atoms with E-state index >= 15 is 0 Å². The minimum absolute atomic E-state index is 0.00925. The molecule has 1 aliphatic carbocycles. The second kappa shape index (κ2) is 5.05. The van der Waals surface area contributed by atoms with Crippen LogP contribution < -0.4 is 0 Å². The van der Waals surface area contributed by atoms with Crippen LogP contribution in [0.15, 0.2) is 12.7 Å². The van der Waals surface area contributed by atoms with Gasteiger partial charge in [-0.15, -0.1) is 6.58 Å². The van der Waals surface area contributed by atoms with Crippen molar-refractivity contribution in [3.8, 4) is 0 Å². The Labute approximate surface area is 80.0 Å². The number of rotatable bonds is 3. The zero-order chi connectivity index (χ0) is 9.68. The molecule has 0 bridgehead atoms. The smallest absolute Gasteiger partial charge is 0.308 e. The average molecular weight is 182 g/mol. The van der Waals surface area contributed by atoms with Crippen LogP contribution in [0.25, 0.3) is 0 Å². The Kier molecular flexibility index (Phi) is 4.00. The molecule has 2 nitrogen and oxygen atoms in total. The first kappa shape index (κ1) is 10.3. The van der Waals surface area contributed by atoms with Crippen molar-refractivity contribution in [3.05, 3.63) is 12.7 Å². The maximum atomic E-state index is 11.3. The zero-order valence-corrected chi connectivity index (χ0v) is 8.29. The van der Waals surface area contributed by atoms with E-state index in [1.54, 1.807) is 0 Å². The monoisotopic (exact) mass is 182 g/mol. The Hall–Kier alpha value is -0.790. The molecule has 1 rings (SSSR count). The summed E-state index contributed by atoms with van der Waals surface area (Å²) in [6, 6.07) is 0. The van der Waals surface area contributed by atoms with E-state index in [9.17, 15) is 4.79 Å². The van der Waals surface area contributed by atoms with Gasteiger partial charge in [-0.2, -0.15) is 0 Å². The Balaban J connectivity index is 2.31. The van der Waals surface area contributed by atoms with E-state index in [2.05, 4.69) is 6.58 Å². The normalized spacial score (nSPS) is 28.1. The molecule has 0 aromatic carbocycles. The van der Waals surface area contributed by atoms with Crippen LogP contribution in [0.2, 0.25) is 0 Å². The second-order valence-electron chi connectivity index (χ2n) is 3.60. The number of hydrogen-bond acceptors (Lipinski definition) is 2. The molecule has 0 heterocycles. The van der Waals surface area contributed by atoms with Crippen molar-refractivity contribution in [2.75, 3.05) is 6.61 Å². The Morgan fingerprint density at radius 2 is 2.08 bits per heavy atom. The van der Waals surface area contributed by atoms with Gasteiger partial charge >= 0.3 is 5.97 Å². The molecule has 1 aliphatic rings. The largest absolute Gasteiger partial charge is 0.466 e. The van der Waals surface area contributed by atoms with Crippen LogP contribution in [0.3, 0.4) is 0 Å². The van der Waals surface area contributed by atoms with Crippen LogP contribution >= 0.6 is 0 Å². The van der Waals surface area contributed by atoms with Gasteiger partial charge in [-0.3, -0.25) is 4.79 Å². The highest BCUT2D eigenvalue weighted by Gasteiger charge is 2.25. The number of carbonyl (C=O) groups is 1. The Morgan fingerprint density at radius 1 is 1.46 bits per heavy atom. The van der Waals surface area contributed by atoms with E-state index in [0.29, 0.717) is 12.5 Å². The second-order valence-corrected chi connectivity index (χ2v) is 3.60. The summed E-state index contributed by atoms with van der Waals surface area (Å²) >= 11 is 0. The Morgan fingerprint density at radius 3 is 2.54 bits per heavy atom. The lowest BCUT2D eigenvalue weighted by Gasteiger charge is -2.24. The maximum Gasteiger partial charge on any atom is 0.308 e. The van der Waals surface area contributed by atoms with Crippen LogP contribution in [0, 0.1) is 11.8 Å². The van der Waals surface area contributed by atoms with E-state index in [1.807, 2.05) is 13.0 Å². The summed E-state index contributed by atoms with van der Waals surface area (Å²) in [5.74, 6) is 0.756. The summed E-state index contributed by atoms with van der Waals surface area (Å²) in [5.41, 5.74) is 0. The molecule has 0 aromatic heterocycles. The van der Waals surface area contributed by atoms with Crippen molar-refractivity contribution in [2.24, 2.45) is 11.8 Å². The van der Waals surface area contributed by atoms with Crippen LogP contribution in [0.4, 0.5) is 0 Å². The molecule has 1 fully saturated rings. The highest BCUT2D eigenvalue weighted by molar-refractivity contribution is 5.72. The summed E-state index contributed by atoms with van der Waals surface area (Å²) < 4.78 is 4.99. The molecule has 2 heteroatoms. The van der Waals surface area contributed by atoms with Gasteiger partial charge in [0.2, 0.25) is 0 Å². The lowest BCUT2D eigenvalue weighted by atomic mass is 9.82. The minimum atomic E-state index is -0.00925. The number of ether oxygens (including phenoxy) is 1. The van der Waals surface area contributed by atoms with E-state index in [-0.39, 0.29) is 11.9 Å². The number of esters is 1. The topological polar surface area (TPSA) is 26.3 Å². The fraction of sp³-hybridized carbons (Fsp3) is 0.727. The van der Waals surface area contributed by atoms with Gasteiger partial charge < -0.3 is 4.74 Å². The number of allylic oxidation sites excluding steroid dienone is 1. The van der Waals surface area contributed by atoms with E-state index in [1.165, 1.54) is 0 Å². The quantitative estimate of drug-likeness (QED) is 0.495. The van der Waals surface area contributed by atoms with Crippen molar-refractivity contribution in [1.29, 1.82) is 0 Å². The lowest BCUT2D eigenvalue weighted by molar-refractivity contribution is -0.149. The highest BCUT2D eigenvalue weighted by atomic mass is 16.5. The molecule has 0 aromatic rings. The van der Waals surface area contributed by atoms with Gasteiger partial charge in [-0.1, -0.05) is 6.08 Å². The lowest BCUT2D eigenvalue weighted by Crippen LogP contribution is -2.23. The molecule has 0 atom stereocenters. The number of carbonyl (C=O) groups excluding carboxylic acids is 1. The first-order valence-electron chi connectivity index (χ1n) is 5.07. The maximum absolute atomic E-state index is 11.3.